The molecule has 0 bridgehead atoms. The van der Waals surface area contributed by atoms with Crippen LogP contribution in [-0.4, -0.2) is 5.54 Å². The molecule has 4 heteroatoms. The predicted molar refractivity (Wildman–Crippen MR) is 95.9 cm³/mol. The van der Waals surface area contributed by atoms with Crippen molar-refractivity contribution >= 4 is 23.2 Å². The van der Waals surface area contributed by atoms with Gasteiger partial charge in [0.1, 0.15) is 0 Å². The van der Waals surface area contributed by atoms with Crippen molar-refractivity contribution in [2.45, 2.75) is 31.8 Å². The van der Waals surface area contributed by atoms with Gasteiger partial charge in [0, 0.05) is 10.1 Å². The van der Waals surface area contributed by atoms with Crippen molar-refractivity contribution in [2.24, 2.45) is 17.4 Å². The summed E-state index contributed by atoms with van der Waals surface area (Å²) in [7, 11) is 0. The molecule has 1 aliphatic rings. The molecule has 1 aliphatic carbocycles. The number of hydrogen-bond donors (Lipinski definition) is 2. The van der Waals surface area contributed by atoms with Gasteiger partial charge in [0.05, 0.1) is 11.6 Å². The first-order valence-corrected chi connectivity index (χ1v) is 8.12. The minimum Gasteiger partial charge on any atom is -0.322 e. The lowest BCUT2D eigenvalue weighted by atomic mass is 9.80. The van der Waals surface area contributed by atoms with Crippen molar-refractivity contribution in [1.82, 2.24) is 0 Å². The van der Waals surface area contributed by atoms with Crippen LogP contribution in [0.15, 0.2) is 59.2 Å². The minimum atomic E-state index is -0.710. The lowest BCUT2D eigenvalue weighted by molar-refractivity contribution is 0.453. The second-order valence-electron chi connectivity index (χ2n) is 6.02. The third-order valence-corrected chi connectivity index (χ3v) is 4.93. The quantitative estimate of drug-likeness (QED) is 0.840. The first-order valence-electron chi connectivity index (χ1n) is 7.36. The molecule has 2 rings (SSSR count). The van der Waals surface area contributed by atoms with Crippen molar-refractivity contribution in [2.75, 3.05) is 0 Å². The number of rotatable bonds is 3. The second-order valence-corrected chi connectivity index (χ2v) is 6.90. The molecule has 3 atom stereocenters. The zero-order valence-electron chi connectivity index (χ0n) is 12.9. The number of nitrogens with two attached hydrogens (primary N) is 2. The van der Waals surface area contributed by atoms with Crippen LogP contribution < -0.4 is 11.5 Å². The summed E-state index contributed by atoms with van der Waals surface area (Å²) in [6, 6.07) is 7.14. The fraction of sp³-hybridized carbons (Fsp3) is 0.333. The van der Waals surface area contributed by atoms with E-state index in [0.717, 1.165) is 22.6 Å². The van der Waals surface area contributed by atoms with Crippen LogP contribution in [0.1, 0.15) is 31.9 Å². The third kappa shape index (κ3) is 3.82. The van der Waals surface area contributed by atoms with E-state index >= 15 is 0 Å². The van der Waals surface area contributed by atoms with Gasteiger partial charge in [-0.2, -0.15) is 0 Å². The molecule has 3 unspecified atom stereocenters. The third-order valence-electron chi connectivity index (χ3n) is 4.18. The Kier molecular flexibility index (Phi) is 5.51. The molecule has 1 aromatic rings. The molecule has 0 aromatic heterocycles. The first kappa shape index (κ1) is 17.3. The molecule has 2 nitrogen and oxygen atoms in total. The SMILES string of the molecule is CC1C/C=C/C(C(C)(N)C(N)c2ccc(Cl)cc2)=C\C=C/1Cl. The van der Waals surface area contributed by atoms with Crippen LogP contribution in [0.3, 0.4) is 0 Å². The molecule has 22 heavy (non-hydrogen) atoms. The predicted octanol–water partition coefficient (Wildman–Crippen LogP) is 4.70. The molecule has 0 amide bonds. The van der Waals surface area contributed by atoms with E-state index < -0.39 is 5.54 Å². The van der Waals surface area contributed by atoms with Crippen LogP contribution >= 0.6 is 23.2 Å². The van der Waals surface area contributed by atoms with Gasteiger partial charge in [-0.05, 0) is 48.6 Å². The van der Waals surface area contributed by atoms with Crippen LogP contribution in [-0.2, 0) is 0 Å². The Hall–Kier alpha value is -1.06. The van der Waals surface area contributed by atoms with E-state index in [0.29, 0.717) is 10.9 Å². The number of hydrogen-bond acceptors (Lipinski definition) is 2. The lowest BCUT2D eigenvalue weighted by Gasteiger charge is -2.33. The fourth-order valence-corrected chi connectivity index (χ4v) is 2.73. The van der Waals surface area contributed by atoms with Gasteiger partial charge in [-0.25, -0.2) is 0 Å². The maximum absolute atomic E-state index is 6.56. The van der Waals surface area contributed by atoms with Crippen molar-refractivity contribution in [1.29, 1.82) is 0 Å². The fourth-order valence-electron chi connectivity index (χ4n) is 2.46. The molecule has 0 fully saturated rings. The van der Waals surface area contributed by atoms with Gasteiger partial charge < -0.3 is 11.5 Å². The van der Waals surface area contributed by atoms with E-state index in [4.69, 9.17) is 34.7 Å². The normalized spacial score (nSPS) is 29.1. The molecule has 0 saturated carbocycles. The summed E-state index contributed by atoms with van der Waals surface area (Å²) in [6.07, 6.45) is 8.92. The van der Waals surface area contributed by atoms with Crippen LogP contribution in [0.4, 0.5) is 0 Å². The maximum atomic E-state index is 6.56. The van der Waals surface area contributed by atoms with Crippen molar-refractivity contribution in [3.05, 3.63) is 69.8 Å². The Balaban J connectivity index is 2.33. The molecule has 0 aliphatic heterocycles. The summed E-state index contributed by atoms with van der Waals surface area (Å²) in [6.45, 7) is 4.04. The zero-order chi connectivity index (χ0) is 16.3. The van der Waals surface area contributed by atoms with Crippen LogP contribution in [0.2, 0.25) is 5.02 Å². The average molecular weight is 337 g/mol. The van der Waals surface area contributed by atoms with E-state index in [2.05, 4.69) is 13.0 Å². The van der Waals surface area contributed by atoms with Gasteiger partial charge in [-0.15, -0.1) is 0 Å². The van der Waals surface area contributed by atoms with Gasteiger partial charge >= 0.3 is 0 Å². The van der Waals surface area contributed by atoms with Gasteiger partial charge in [-0.1, -0.05) is 60.5 Å². The molecular formula is C18H22Cl2N2. The minimum absolute atomic E-state index is 0.324. The average Bonchev–Trinajstić information content (AvgIpc) is 2.48. The molecule has 118 valence electrons. The second kappa shape index (κ2) is 7.01. The summed E-state index contributed by atoms with van der Waals surface area (Å²) in [4.78, 5) is 0. The molecule has 0 spiro atoms. The van der Waals surface area contributed by atoms with Crippen molar-refractivity contribution in [3.8, 4) is 0 Å². The molecule has 0 heterocycles. The topological polar surface area (TPSA) is 52.0 Å². The van der Waals surface area contributed by atoms with Crippen molar-refractivity contribution in [3.63, 3.8) is 0 Å². The Labute approximate surface area is 142 Å². The maximum Gasteiger partial charge on any atom is 0.0576 e. The number of benzene rings is 1. The van der Waals surface area contributed by atoms with Gasteiger partial charge in [0.15, 0.2) is 0 Å². The molecule has 4 N–H and O–H groups in total. The number of allylic oxidation sites excluding steroid dienone is 4. The van der Waals surface area contributed by atoms with Gasteiger partial charge in [-0.3, -0.25) is 0 Å². The van der Waals surface area contributed by atoms with Gasteiger partial charge in [0.2, 0.25) is 0 Å². The summed E-state index contributed by atoms with van der Waals surface area (Å²) >= 11 is 12.2. The Morgan fingerprint density at radius 2 is 1.82 bits per heavy atom. The lowest BCUT2D eigenvalue weighted by Crippen LogP contribution is -2.48. The van der Waals surface area contributed by atoms with Gasteiger partial charge in [0.25, 0.3) is 0 Å². The Morgan fingerprint density at radius 1 is 1.18 bits per heavy atom. The Bertz CT molecular complexity index is 612. The summed E-state index contributed by atoms with van der Waals surface area (Å²) < 4.78 is 0. The van der Waals surface area contributed by atoms with E-state index in [9.17, 15) is 0 Å². The highest BCUT2D eigenvalue weighted by molar-refractivity contribution is 6.30. The van der Waals surface area contributed by atoms with E-state index in [1.807, 2.05) is 49.4 Å². The first-order chi connectivity index (χ1) is 10.3. The van der Waals surface area contributed by atoms with Crippen LogP contribution in [0.25, 0.3) is 0 Å². The molecular weight excluding hydrogens is 315 g/mol. The summed E-state index contributed by atoms with van der Waals surface area (Å²) in [5.74, 6) is 0.324. The monoisotopic (exact) mass is 336 g/mol. The standard InChI is InChI=1S/C18H22Cl2N2/c1-12-4-3-5-14(8-11-16(12)20)18(2,22)17(21)13-6-9-15(19)10-7-13/h3,5-12,17H,4,21-22H2,1-2H3/b5-3+,14-8+,16-11+. The summed E-state index contributed by atoms with van der Waals surface area (Å²) in [5, 5.41) is 1.51. The van der Waals surface area contributed by atoms with E-state index in [1.54, 1.807) is 0 Å². The number of halogens is 2. The highest BCUT2D eigenvalue weighted by Crippen LogP contribution is 2.31. The van der Waals surface area contributed by atoms with E-state index in [1.165, 1.54) is 0 Å². The molecule has 1 aromatic carbocycles. The Morgan fingerprint density at radius 3 is 2.45 bits per heavy atom. The largest absolute Gasteiger partial charge is 0.322 e. The van der Waals surface area contributed by atoms with Crippen molar-refractivity contribution < 1.29 is 0 Å². The molecule has 0 saturated heterocycles. The zero-order valence-corrected chi connectivity index (χ0v) is 14.4. The van der Waals surface area contributed by atoms with Crippen LogP contribution in [0, 0.1) is 5.92 Å². The summed E-state index contributed by atoms with van der Waals surface area (Å²) in [5.41, 5.74) is 14.2. The van der Waals surface area contributed by atoms with E-state index in [-0.39, 0.29) is 6.04 Å². The van der Waals surface area contributed by atoms with Crippen LogP contribution in [0.5, 0.6) is 0 Å². The highest BCUT2D eigenvalue weighted by atomic mass is 35.5. The highest BCUT2D eigenvalue weighted by Gasteiger charge is 2.31. The smallest absolute Gasteiger partial charge is 0.0576 e. The molecule has 0 radical (unpaired) electrons.